The highest BCUT2D eigenvalue weighted by atomic mass is 16.5. The van der Waals surface area contributed by atoms with Crippen molar-refractivity contribution in [2.45, 2.75) is 32.8 Å². The van der Waals surface area contributed by atoms with Gasteiger partial charge in [-0.1, -0.05) is 13.8 Å². The molecule has 0 saturated carbocycles. The molecule has 4 N–H and O–H groups in total. The Morgan fingerprint density at radius 1 is 1.60 bits per heavy atom. The van der Waals surface area contributed by atoms with Crippen molar-refractivity contribution in [3.8, 4) is 0 Å². The molecule has 1 rings (SSSR count). The lowest BCUT2D eigenvalue weighted by atomic mass is 10.2. The highest BCUT2D eigenvalue weighted by Crippen LogP contribution is 2.10. The SMILES string of the molecule is CC(C)CN=C(NN)NCC1CCCO1. The van der Waals surface area contributed by atoms with E-state index in [9.17, 15) is 0 Å². The Labute approximate surface area is 91.4 Å². The molecule has 0 aromatic rings. The van der Waals surface area contributed by atoms with E-state index in [0.717, 1.165) is 32.5 Å². The Morgan fingerprint density at radius 2 is 2.40 bits per heavy atom. The van der Waals surface area contributed by atoms with Crippen molar-refractivity contribution in [3.63, 3.8) is 0 Å². The normalized spacial score (nSPS) is 22.1. The maximum absolute atomic E-state index is 5.49. The number of nitrogens with two attached hydrogens (primary N) is 1. The first kappa shape index (κ1) is 12.3. The van der Waals surface area contributed by atoms with Gasteiger partial charge < -0.3 is 10.1 Å². The molecule has 0 aromatic heterocycles. The van der Waals surface area contributed by atoms with Gasteiger partial charge in [0, 0.05) is 19.7 Å². The minimum atomic E-state index is 0.308. The van der Waals surface area contributed by atoms with Gasteiger partial charge in [0.15, 0.2) is 0 Å². The van der Waals surface area contributed by atoms with Crippen LogP contribution in [0, 0.1) is 5.92 Å². The van der Waals surface area contributed by atoms with Crippen LogP contribution >= 0.6 is 0 Å². The highest BCUT2D eigenvalue weighted by molar-refractivity contribution is 5.79. The van der Waals surface area contributed by atoms with Crippen LogP contribution in [-0.4, -0.2) is 31.8 Å². The second kappa shape index (κ2) is 6.63. The van der Waals surface area contributed by atoms with Crippen molar-refractivity contribution in [2.75, 3.05) is 19.7 Å². The summed E-state index contributed by atoms with van der Waals surface area (Å²) >= 11 is 0. The first-order chi connectivity index (χ1) is 7.22. The molecule has 88 valence electrons. The Hall–Kier alpha value is -0.810. The lowest BCUT2D eigenvalue weighted by Crippen LogP contribution is -2.44. The van der Waals surface area contributed by atoms with Gasteiger partial charge in [-0.25, -0.2) is 5.84 Å². The van der Waals surface area contributed by atoms with Crippen LogP contribution in [0.25, 0.3) is 0 Å². The van der Waals surface area contributed by atoms with Gasteiger partial charge in [0.25, 0.3) is 0 Å². The van der Waals surface area contributed by atoms with Crippen molar-refractivity contribution < 1.29 is 4.74 Å². The van der Waals surface area contributed by atoms with E-state index in [2.05, 4.69) is 29.6 Å². The largest absolute Gasteiger partial charge is 0.376 e. The van der Waals surface area contributed by atoms with E-state index in [4.69, 9.17) is 10.6 Å². The first-order valence-corrected chi connectivity index (χ1v) is 5.59. The van der Waals surface area contributed by atoms with Gasteiger partial charge in [-0.3, -0.25) is 10.4 Å². The molecule has 15 heavy (non-hydrogen) atoms. The van der Waals surface area contributed by atoms with E-state index >= 15 is 0 Å². The standard InChI is InChI=1S/C10H22N4O/c1-8(2)6-12-10(14-11)13-7-9-4-3-5-15-9/h8-9H,3-7,11H2,1-2H3,(H2,12,13,14). The van der Waals surface area contributed by atoms with E-state index in [-0.39, 0.29) is 0 Å². The van der Waals surface area contributed by atoms with Crippen LogP contribution in [0.4, 0.5) is 0 Å². The van der Waals surface area contributed by atoms with Gasteiger partial charge in [-0.2, -0.15) is 0 Å². The molecule has 1 fully saturated rings. The molecule has 1 aliphatic heterocycles. The lowest BCUT2D eigenvalue weighted by molar-refractivity contribution is 0.114. The molecule has 0 spiro atoms. The minimum absolute atomic E-state index is 0.308. The Morgan fingerprint density at radius 3 is 2.93 bits per heavy atom. The number of guanidine groups is 1. The van der Waals surface area contributed by atoms with E-state index < -0.39 is 0 Å². The van der Waals surface area contributed by atoms with Crippen LogP contribution in [-0.2, 0) is 4.74 Å². The maximum Gasteiger partial charge on any atom is 0.205 e. The molecule has 1 aliphatic rings. The van der Waals surface area contributed by atoms with E-state index in [1.807, 2.05) is 0 Å². The number of rotatable bonds is 4. The van der Waals surface area contributed by atoms with E-state index in [1.165, 1.54) is 0 Å². The first-order valence-electron chi connectivity index (χ1n) is 5.59. The van der Waals surface area contributed by atoms with Crippen molar-refractivity contribution in [1.82, 2.24) is 10.7 Å². The van der Waals surface area contributed by atoms with Gasteiger partial charge in [-0.05, 0) is 18.8 Å². The zero-order chi connectivity index (χ0) is 11.1. The molecule has 0 aromatic carbocycles. The van der Waals surface area contributed by atoms with Crippen LogP contribution in [0.3, 0.4) is 0 Å². The Bertz CT molecular complexity index is 200. The summed E-state index contributed by atoms with van der Waals surface area (Å²) in [5.41, 5.74) is 2.56. The van der Waals surface area contributed by atoms with E-state index in [1.54, 1.807) is 0 Å². The molecule has 0 bridgehead atoms. The Balaban J connectivity index is 2.23. The average molecular weight is 214 g/mol. The topological polar surface area (TPSA) is 71.7 Å². The van der Waals surface area contributed by atoms with Gasteiger partial charge in [0.1, 0.15) is 0 Å². The monoisotopic (exact) mass is 214 g/mol. The van der Waals surface area contributed by atoms with E-state index in [0.29, 0.717) is 18.0 Å². The van der Waals surface area contributed by atoms with Crippen LogP contribution in [0.1, 0.15) is 26.7 Å². The average Bonchev–Trinajstić information content (AvgIpc) is 2.70. The second-order valence-electron chi connectivity index (χ2n) is 4.24. The quantitative estimate of drug-likeness (QED) is 0.271. The molecule has 0 amide bonds. The molecule has 1 unspecified atom stereocenters. The molecule has 5 heteroatoms. The molecule has 0 radical (unpaired) electrons. The summed E-state index contributed by atoms with van der Waals surface area (Å²) in [5, 5.41) is 3.16. The number of hydrogen-bond donors (Lipinski definition) is 3. The number of aliphatic imine (C=N–C) groups is 1. The van der Waals surface area contributed by atoms with Crippen LogP contribution < -0.4 is 16.6 Å². The zero-order valence-corrected chi connectivity index (χ0v) is 9.62. The molecule has 1 heterocycles. The summed E-state index contributed by atoms with van der Waals surface area (Å²) < 4.78 is 5.49. The Kier molecular flexibility index (Phi) is 5.42. The fourth-order valence-electron chi connectivity index (χ4n) is 1.44. The summed E-state index contributed by atoms with van der Waals surface area (Å²) in [5.74, 6) is 6.55. The van der Waals surface area contributed by atoms with Crippen LogP contribution in [0.2, 0.25) is 0 Å². The summed E-state index contributed by atoms with van der Waals surface area (Å²) in [6, 6.07) is 0. The van der Waals surface area contributed by atoms with Gasteiger partial charge in [0.05, 0.1) is 6.10 Å². The van der Waals surface area contributed by atoms with Crippen LogP contribution in [0.5, 0.6) is 0 Å². The summed E-state index contributed by atoms with van der Waals surface area (Å²) in [6.07, 6.45) is 2.58. The predicted octanol–water partition coefficient (Wildman–Crippen LogP) is 0.230. The summed E-state index contributed by atoms with van der Waals surface area (Å²) in [7, 11) is 0. The van der Waals surface area contributed by atoms with Crippen molar-refractivity contribution in [2.24, 2.45) is 16.8 Å². The number of nitrogens with one attached hydrogen (secondary N) is 2. The third-order valence-electron chi connectivity index (χ3n) is 2.27. The van der Waals surface area contributed by atoms with Gasteiger partial charge in [0.2, 0.25) is 5.96 Å². The fraction of sp³-hybridized carbons (Fsp3) is 0.900. The fourth-order valence-corrected chi connectivity index (χ4v) is 1.44. The van der Waals surface area contributed by atoms with Crippen molar-refractivity contribution >= 4 is 5.96 Å². The smallest absolute Gasteiger partial charge is 0.205 e. The number of ether oxygens (including phenoxy) is 1. The third kappa shape index (κ3) is 4.99. The highest BCUT2D eigenvalue weighted by Gasteiger charge is 2.15. The third-order valence-corrected chi connectivity index (χ3v) is 2.27. The number of nitrogens with zero attached hydrogens (tertiary/aromatic N) is 1. The molecule has 1 saturated heterocycles. The van der Waals surface area contributed by atoms with Crippen molar-refractivity contribution in [3.05, 3.63) is 0 Å². The molecular weight excluding hydrogens is 192 g/mol. The lowest BCUT2D eigenvalue weighted by Gasteiger charge is -2.13. The number of hydrogen-bond acceptors (Lipinski definition) is 3. The van der Waals surface area contributed by atoms with Gasteiger partial charge >= 0.3 is 0 Å². The van der Waals surface area contributed by atoms with Crippen LogP contribution in [0.15, 0.2) is 4.99 Å². The predicted molar refractivity (Wildman–Crippen MR) is 61.4 cm³/mol. The minimum Gasteiger partial charge on any atom is -0.376 e. The summed E-state index contributed by atoms with van der Waals surface area (Å²) in [4.78, 5) is 4.32. The van der Waals surface area contributed by atoms with Crippen molar-refractivity contribution in [1.29, 1.82) is 0 Å². The molecular formula is C10H22N4O. The zero-order valence-electron chi connectivity index (χ0n) is 9.62. The molecule has 0 aliphatic carbocycles. The second-order valence-corrected chi connectivity index (χ2v) is 4.24. The summed E-state index contributed by atoms with van der Waals surface area (Å²) in [6.45, 7) is 6.68. The van der Waals surface area contributed by atoms with Gasteiger partial charge in [-0.15, -0.1) is 0 Å². The molecule has 5 nitrogen and oxygen atoms in total. The maximum atomic E-state index is 5.49. The molecule has 1 atom stereocenters. The number of hydrazine groups is 1.